The molecular weight excluding hydrogens is 407 g/mol. The number of anilines is 2. The Balaban J connectivity index is 1.60. The van der Waals surface area contributed by atoms with Crippen LogP contribution in [0.4, 0.5) is 15.9 Å². The van der Waals surface area contributed by atoms with Crippen LogP contribution in [-0.4, -0.2) is 48.7 Å². The molecule has 4 rings (SSSR count). The minimum Gasteiger partial charge on any atom is -0.493 e. The maximum absolute atomic E-state index is 14.2. The molecular formula is C22H24ClFN4O2. The lowest BCUT2D eigenvalue weighted by molar-refractivity contribution is 0.148. The third-order valence-electron chi connectivity index (χ3n) is 5.30. The summed E-state index contributed by atoms with van der Waals surface area (Å²) >= 11 is 5.84. The number of fused-ring (bicyclic) bond motifs is 1. The number of aromatic nitrogens is 2. The molecule has 1 unspecified atom stereocenters. The zero-order chi connectivity index (χ0) is 21.1. The summed E-state index contributed by atoms with van der Waals surface area (Å²) in [7, 11) is 3.73. The first-order chi connectivity index (χ1) is 14.5. The van der Waals surface area contributed by atoms with Gasteiger partial charge in [0.1, 0.15) is 18.0 Å². The molecule has 1 aliphatic heterocycles. The quantitative estimate of drug-likeness (QED) is 0.600. The van der Waals surface area contributed by atoms with Crippen molar-refractivity contribution in [1.82, 2.24) is 14.9 Å². The molecule has 1 aliphatic rings. The third-order valence-corrected chi connectivity index (χ3v) is 5.54. The van der Waals surface area contributed by atoms with Crippen molar-refractivity contribution >= 4 is 34.0 Å². The lowest BCUT2D eigenvalue weighted by atomic mass is 9.99. The minimum atomic E-state index is -0.460. The summed E-state index contributed by atoms with van der Waals surface area (Å²) in [6.07, 6.45) is 3.77. The first-order valence-electron chi connectivity index (χ1n) is 9.89. The van der Waals surface area contributed by atoms with Gasteiger partial charge in [0.05, 0.1) is 24.9 Å². The fourth-order valence-electron chi connectivity index (χ4n) is 3.77. The van der Waals surface area contributed by atoms with Crippen molar-refractivity contribution in [3.05, 3.63) is 47.5 Å². The first kappa shape index (κ1) is 20.6. The standard InChI is InChI=1S/C22H24ClFN4O2/c1-28-7-3-4-14(11-28)12-30-21-10-19-16(9-20(21)29-2)22(26-13-25-19)27-18-6-5-15(23)8-17(18)24/h5-6,8-10,13-14H,3-4,7,11-12H2,1-2H3,(H,25,26,27). The fourth-order valence-corrected chi connectivity index (χ4v) is 3.93. The molecule has 1 aromatic heterocycles. The maximum atomic E-state index is 14.2. The van der Waals surface area contributed by atoms with Crippen LogP contribution >= 0.6 is 11.6 Å². The van der Waals surface area contributed by atoms with E-state index in [-0.39, 0.29) is 5.69 Å². The van der Waals surface area contributed by atoms with E-state index in [2.05, 4.69) is 27.2 Å². The second kappa shape index (κ2) is 9.02. The highest BCUT2D eigenvalue weighted by Crippen LogP contribution is 2.35. The highest BCUT2D eigenvalue weighted by Gasteiger charge is 2.19. The van der Waals surface area contributed by atoms with Crippen LogP contribution in [0.2, 0.25) is 5.02 Å². The first-order valence-corrected chi connectivity index (χ1v) is 10.3. The van der Waals surface area contributed by atoms with E-state index >= 15 is 0 Å². The van der Waals surface area contributed by atoms with Crippen LogP contribution in [0.3, 0.4) is 0 Å². The monoisotopic (exact) mass is 430 g/mol. The highest BCUT2D eigenvalue weighted by molar-refractivity contribution is 6.30. The smallest absolute Gasteiger partial charge is 0.163 e. The predicted octanol–water partition coefficient (Wildman–Crippen LogP) is 4.90. The van der Waals surface area contributed by atoms with Crippen LogP contribution in [0.15, 0.2) is 36.7 Å². The van der Waals surface area contributed by atoms with E-state index < -0.39 is 5.82 Å². The molecule has 0 bridgehead atoms. The molecule has 3 aromatic rings. The molecule has 30 heavy (non-hydrogen) atoms. The highest BCUT2D eigenvalue weighted by atomic mass is 35.5. The van der Waals surface area contributed by atoms with Gasteiger partial charge < -0.3 is 19.7 Å². The molecule has 1 fully saturated rings. The van der Waals surface area contributed by atoms with Gasteiger partial charge in [-0.25, -0.2) is 14.4 Å². The van der Waals surface area contributed by atoms with E-state index in [0.717, 1.165) is 19.5 Å². The van der Waals surface area contributed by atoms with Crippen LogP contribution in [0.1, 0.15) is 12.8 Å². The van der Waals surface area contributed by atoms with Gasteiger partial charge in [0, 0.05) is 28.9 Å². The van der Waals surface area contributed by atoms with Gasteiger partial charge in [-0.2, -0.15) is 0 Å². The predicted molar refractivity (Wildman–Crippen MR) is 116 cm³/mol. The van der Waals surface area contributed by atoms with E-state index in [1.807, 2.05) is 12.1 Å². The molecule has 6 nitrogen and oxygen atoms in total. The summed E-state index contributed by atoms with van der Waals surface area (Å²) in [6.45, 7) is 2.79. The summed E-state index contributed by atoms with van der Waals surface area (Å²) < 4.78 is 25.9. The van der Waals surface area contributed by atoms with Crippen LogP contribution in [-0.2, 0) is 0 Å². The number of ether oxygens (including phenoxy) is 2. The summed E-state index contributed by atoms with van der Waals surface area (Å²) in [6, 6.07) is 8.09. The molecule has 158 valence electrons. The molecule has 0 spiro atoms. The lowest BCUT2D eigenvalue weighted by Gasteiger charge is -2.29. The molecule has 0 amide bonds. The van der Waals surface area contributed by atoms with Crippen molar-refractivity contribution in [2.45, 2.75) is 12.8 Å². The normalized spacial score (nSPS) is 17.1. The summed E-state index contributed by atoms with van der Waals surface area (Å²) in [5.74, 6) is 1.72. The topological polar surface area (TPSA) is 59.5 Å². The zero-order valence-corrected chi connectivity index (χ0v) is 17.7. The van der Waals surface area contributed by atoms with E-state index in [9.17, 15) is 4.39 Å². The van der Waals surface area contributed by atoms with Gasteiger partial charge in [-0.3, -0.25) is 0 Å². The summed E-state index contributed by atoms with van der Waals surface area (Å²) in [5, 5.41) is 4.05. The Hall–Kier alpha value is -2.64. The van der Waals surface area contributed by atoms with Crippen LogP contribution in [0.25, 0.3) is 10.9 Å². The van der Waals surface area contributed by atoms with Crippen molar-refractivity contribution in [2.75, 3.05) is 39.2 Å². The van der Waals surface area contributed by atoms with Crippen molar-refractivity contribution < 1.29 is 13.9 Å². The van der Waals surface area contributed by atoms with Gasteiger partial charge in [-0.15, -0.1) is 0 Å². The third kappa shape index (κ3) is 4.57. The molecule has 8 heteroatoms. The molecule has 2 aromatic carbocycles. The second-order valence-corrected chi connectivity index (χ2v) is 8.01. The Morgan fingerprint density at radius 3 is 2.87 bits per heavy atom. The molecule has 0 aliphatic carbocycles. The SMILES string of the molecule is COc1cc2c(Nc3ccc(Cl)cc3F)ncnc2cc1OCC1CCCN(C)C1. The van der Waals surface area contributed by atoms with Crippen LogP contribution in [0, 0.1) is 11.7 Å². The average molecular weight is 431 g/mol. The number of nitrogens with one attached hydrogen (secondary N) is 1. The zero-order valence-electron chi connectivity index (χ0n) is 17.0. The Bertz CT molecular complexity index is 1050. The molecule has 1 saturated heterocycles. The molecule has 1 N–H and O–H groups in total. The number of hydrogen-bond donors (Lipinski definition) is 1. The van der Waals surface area contributed by atoms with Crippen molar-refractivity contribution in [1.29, 1.82) is 0 Å². The largest absolute Gasteiger partial charge is 0.493 e. The number of benzene rings is 2. The molecule has 1 atom stereocenters. The second-order valence-electron chi connectivity index (χ2n) is 7.57. The van der Waals surface area contributed by atoms with Gasteiger partial charge in [-0.05, 0) is 50.7 Å². The number of nitrogens with zero attached hydrogens (tertiary/aromatic N) is 3. The van der Waals surface area contributed by atoms with E-state index in [1.54, 1.807) is 19.2 Å². The molecule has 0 radical (unpaired) electrons. The molecule has 0 saturated carbocycles. The fraction of sp³-hybridized carbons (Fsp3) is 0.364. The van der Waals surface area contributed by atoms with Gasteiger partial charge >= 0.3 is 0 Å². The number of halogens is 2. The van der Waals surface area contributed by atoms with Crippen molar-refractivity contribution in [2.24, 2.45) is 5.92 Å². The van der Waals surface area contributed by atoms with Gasteiger partial charge in [0.2, 0.25) is 0 Å². The number of hydrogen-bond acceptors (Lipinski definition) is 6. The van der Waals surface area contributed by atoms with Crippen molar-refractivity contribution in [3.63, 3.8) is 0 Å². The summed E-state index contributed by atoms with van der Waals surface area (Å²) in [5.41, 5.74) is 0.957. The Morgan fingerprint density at radius 2 is 2.10 bits per heavy atom. The van der Waals surface area contributed by atoms with E-state index in [1.165, 1.54) is 18.8 Å². The maximum Gasteiger partial charge on any atom is 0.163 e. The Kier molecular flexibility index (Phi) is 6.20. The number of piperidine rings is 1. The average Bonchev–Trinajstić information content (AvgIpc) is 2.74. The van der Waals surface area contributed by atoms with E-state index in [0.29, 0.717) is 45.8 Å². The van der Waals surface area contributed by atoms with E-state index in [4.69, 9.17) is 21.1 Å². The van der Waals surface area contributed by atoms with Gasteiger partial charge in [-0.1, -0.05) is 11.6 Å². The number of likely N-dealkylation sites (tertiary alicyclic amines) is 1. The van der Waals surface area contributed by atoms with Crippen LogP contribution in [0.5, 0.6) is 11.5 Å². The van der Waals surface area contributed by atoms with Gasteiger partial charge in [0.15, 0.2) is 11.5 Å². The lowest BCUT2D eigenvalue weighted by Crippen LogP contribution is -2.34. The number of methoxy groups -OCH3 is 1. The molecule has 2 heterocycles. The van der Waals surface area contributed by atoms with Crippen molar-refractivity contribution in [3.8, 4) is 11.5 Å². The Labute approximate surface area is 180 Å². The van der Waals surface area contributed by atoms with Gasteiger partial charge in [0.25, 0.3) is 0 Å². The Morgan fingerprint density at radius 1 is 1.23 bits per heavy atom. The van der Waals surface area contributed by atoms with Crippen LogP contribution < -0.4 is 14.8 Å². The summed E-state index contributed by atoms with van der Waals surface area (Å²) in [4.78, 5) is 11.0. The minimum absolute atomic E-state index is 0.278. The number of rotatable bonds is 6.